The molecule has 0 bridgehead atoms. The highest BCUT2D eigenvalue weighted by Gasteiger charge is 2.19. The summed E-state index contributed by atoms with van der Waals surface area (Å²) in [7, 11) is 0. The summed E-state index contributed by atoms with van der Waals surface area (Å²) in [5.74, 6) is 0. The van der Waals surface area contributed by atoms with Gasteiger partial charge in [0.2, 0.25) is 0 Å². The number of rotatable bonds is 6. The van der Waals surface area contributed by atoms with Crippen molar-refractivity contribution < 1.29 is 15.0 Å². The second kappa shape index (κ2) is 6.77. The van der Waals surface area contributed by atoms with Crippen LogP contribution in [0.25, 0.3) is 0 Å². The Morgan fingerprint density at radius 1 is 0.818 bits per heavy atom. The van der Waals surface area contributed by atoms with Crippen LogP contribution < -0.4 is 0 Å². The van der Waals surface area contributed by atoms with Gasteiger partial charge in [-0.2, -0.15) is 0 Å². The van der Waals surface area contributed by atoms with Crippen molar-refractivity contribution in [2.75, 3.05) is 0 Å². The molecule has 0 saturated heterocycles. The van der Waals surface area contributed by atoms with Gasteiger partial charge in [0.1, 0.15) is 0 Å². The van der Waals surface area contributed by atoms with Crippen LogP contribution in [0.5, 0.6) is 0 Å². The van der Waals surface area contributed by atoms with E-state index in [4.69, 9.17) is 0 Å². The summed E-state index contributed by atoms with van der Waals surface area (Å²) in [5.41, 5.74) is 0.672. The van der Waals surface area contributed by atoms with E-state index in [1.165, 1.54) is 12.1 Å². The fraction of sp³-hybridized carbons (Fsp3) is 0.200. The Morgan fingerprint density at radius 2 is 1.18 bits per heavy atom. The maximum absolute atomic E-state index is 10.9. The zero-order valence-corrected chi connectivity index (χ0v) is 11.6. The Hall–Kier alpha value is -2.80. The van der Waals surface area contributed by atoms with Crippen molar-refractivity contribution in [3.05, 3.63) is 79.9 Å². The first-order valence-corrected chi connectivity index (χ1v) is 6.61. The third-order valence-electron chi connectivity index (χ3n) is 3.29. The molecule has 0 aromatic heterocycles. The molecule has 0 radical (unpaired) electrons. The van der Waals surface area contributed by atoms with Crippen molar-refractivity contribution in [3.8, 4) is 0 Å². The predicted octanol–water partition coefficient (Wildman–Crippen LogP) is 2.65. The molecule has 0 fully saturated rings. The van der Waals surface area contributed by atoms with Gasteiger partial charge in [-0.05, 0) is 0 Å². The van der Waals surface area contributed by atoms with E-state index < -0.39 is 16.0 Å². The number of nitro groups is 2. The van der Waals surface area contributed by atoms with Gasteiger partial charge < -0.3 is 5.11 Å². The lowest BCUT2D eigenvalue weighted by atomic mass is 9.99. The normalized spacial score (nSPS) is 10.6. The molecule has 114 valence electrons. The number of para-hydroxylation sites is 2. The molecule has 2 aromatic rings. The first-order valence-electron chi connectivity index (χ1n) is 6.61. The van der Waals surface area contributed by atoms with E-state index in [-0.39, 0.29) is 24.2 Å². The SMILES string of the molecule is O=[N+]([O-])c1ccccc1CC(O)Cc1ccccc1[N+](=O)[O-]. The molecule has 0 heterocycles. The molecule has 2 rings (SSSR count). The van der Waals surface area contributed by atoms with Gasteiger partial charge in [0.25, 0.3) is 11.4 Å². The van der Waals surface area contributed by atoms with Gasteiger partial charge >= 0.3 is 0 Å². The van der Waals surface area contributed by atoms with Gasteiger partial charge in [-0.25, -0.2) is 0 Å². The maximum Gasteiger partial charge on any atom is 0.272 e. The van der Waals surface area contributed by atoms with E-state index in [1.807, 2.05) is 0 Å². The second-order valence-electron chi connectivity index (χ2n) is 4.83. The Bertz CT molecular complexity index is 642. The first kappa shape index (κ1) is 15.6. The van der Waals surface area contributed by atoms with Crippen LogP contribution in [0.15, 0.2) is 48.5 Å². The Balaban J connectivity index is 2.16. The number of hydrogen-bond acceptors (Lipinski definition) is 5. The lowest BCUT2D eigenvalue weighted by Gasteiger charge is -2.11. The number of nitrogens with zero attached hydrogens (tertiary/aromatic N) is 2. The fourth-order valence-corrected chi connectivity index (χ4v) is 2.30. The summed E-state index contributed by atoms with van der Waals surface area (Å²) < 4.78 is 0. The van der Waals surface area contributed by atoms with Crippen LogP contribution in [-0.2, 0) is 12.8 Å². The van der Waals surface area contributed by atoms with Crippen LogP contribution >= 0.6 is 0 Å². The lowest BCUT2D eigenvalue weighted by Crippen LogP contribution is -2.15. The molecule has 2 aromatic carbocycles. The van der Waals surface area contributed by atoms with Crippen LogP contribution in [-0.4, -0.2) is 21.1 Å². The molecule has 22 heavy (non-hydrogen) atoms. The third-order valence-corrected chi connectivity index (χ3v) is 3.29. The maximum atomic E-state index is 10.9. The van der Waals surface area contributed by atoms with Crippen LogP contribution in [0.2, 0.25) is 0 Å². The van der Waals surface area contributed by atoms with Gasteiger partial charge in [0.05, 0.1) is 16.0 Å². The summed E-state index contributed by atoms with van der Waals surface area (Å²) >= 11 is 0. The van der Waals surface area contributed by atoms with E-state index in [0.717, 1.165) is 0 Å². The van der Waals surface area contributed by atoms with Gasteiger partial charge in [0.15, 0.2) is 0 Å². The topological polar surface area (TPSA) is 107 Å². The predicted molar refractivity (Wildman–Crippen MR) is 79.6 cm³/mol. The zero-order chi connectivity index (χ0) is 16.1. The number of hydrogen-bond donors (Lipinski definition) is 1. The Labute approximate surface area is 126 Å². The van der Waals surface area contributed by atoms with E-state index in [0.29, 0.717) is 11.1 Å². The summed E-state index contributed by atoms with van der Waals surface area (Å²) in [4.78, 5) is 20.9. The molecule has 7 nitrogen and oxygen atoms in total. The van der Waals surface area contributed by atoms with Crippen LogP contribution in [0.1, 0.15) is 11.1 Å². The molecule has 0 spiro atoms. The van der Waals surface area contributed by atoms with Crippen molar-refractivity contribution >= 4 is 11.4 Å². The smallest absolute Gasteiger partial charge is 0.272 e. The molecule has 0 aliphatic carbocycles. The van der Waals surface area contributed by atoms with Crippen molar-refractivity contribution in [2.24, 2.45) is 0 Å². The molecule has 0 aliphatic rings. The molecule has 0 atom stereocenters. The Morgan fingerprint density at radius 3 is 1.55 bits per heavy atom. The number of aliphatic hydroxyl groups excluding tert-OH is 1. The van der Waals surface area contributed by atoms with Crippen LogP contribution in [0.3, 0.4) is 0 Å². The van der Waals surface area contributed by atoms with Crippen molar-refractivity contribution in [3.63, 3.8) is 0 Å². The second-order valence-corrected chi connectivity index (χ2v) is 4.83. The molecular formula is C15H14N2O5. The van der Waals surface area contributed by atoms with Crippen molar-refractivity contribution in [2.45, 2.75) is 18.9 Å². The standard InChI is InChI=1S/C15H14N2O5/c18-13(9-11-5-1-3-7-14(11)16(19)20)10-12-6-2-4-8-15(12)17(21)22/h1-8,13,18H,9-10H2. The molecule has 7 heteroatoms. The van der Waals surface area contributed by atoms with E-state index in [2.05, 4.69) is 0 Å². The summed E-state index contributed by atoms with van der Waals surface area (Å²) in [6.07, 6.45) is -0.825. The molecule has 0 aliphatic heterocycles. The monoisotopic (exact) mass is 302 g/mol. The average Bonchev–Trinajstić information content (AvgIpc) is 2.47. The number of aliphatic hydroxyl groups is 1. The molecule has 0 saturated carbocycles. The third kappa shape index (κ3) is 3.64. The molecule has 1 N–H and O–H groups in total. The fourth-order valence-electron chi connectivity index (χ4n) is 2.30. The lowest BCUT2D eigenvalue weighted by molar-refractivity contribution is -0.385. The van der Waals surface area contributed by atoms with Gasteiger partial charge in [-0.1, -0.05) is 36.4 Å². The van der Waals surface area contributed by atoms with Crippen molar-refractivity contribution in [1.29, 1.82) is 0 Å². The van der Waals surface area contributed by atoms with E-state index >= 15 is 0 Å². The van der Waals surface area contributed by atoms with E-state index in [9.17, 15) is 25.3 Å². The quantitative estimate of drug-likeness (QED) is 0.652. The van der Waals surface area contributed by atoms with Crippen molar-refractivity contribution in [1.82, 2.24) is 0 Å². The largest absolute Gasteiger partial charge is 0.392 e. The van der Waals surface area contributed by atoms with Gasteiger partial charge in [-0.3, -0.25) is 20.2 Å². The van der Waals surface area contributed by atoms with Gasteiger partial charge in [-0.15, -0.1) is 0 Å². The minimum Gasteiger partial charge on any atom is -0.392 e. The summed E-state index contributed by atoms with van der Waals surface area (Å²) in [6.45, 7) is 0. The number of nitro benzene ring substituents is 2. The first-order chi connectivity index (χ1) is 10.5. The summed E-state index contributed by atoms with van der Waals surface area (Å²) in [5, 5.41) is 32.0. The highest BCUT2D eigenvalue weighted by molar-refractivity contribution is 5.42. The summed E-state index contributed by atoms with van der Waals surface area (Å²) in [6, 6.07) is 12.3. The highest BCUT2D eigenvalue weighted by atomic mass is 16.6. The minimum absolute atomic E-state index is 0.0587. The molecule has 0 amide bonds. The molecular weight excluding hydrogens is 288 g/mol. The average molecular weight is 302 g/mol. The van der Waals surface area contributed by atoms with Crippen LogP contribution in [0.4, 0.5) is 11.4 Å². The minimum atomic E-state index is -0.942. The van der Waals surface area contributed by atoms with Gasteiger partial charge in [0, 0.05) is 36.1 Å². The highest BCUT2D eigenvalue weighted by Crippen LogP contribution is 2.23. The molecule has 0 unspecified atom stereocenters. The van der Waals surface area contributed by atoms with Crippen LogP contribution in [0, 0.1) is 20.2 Å². The zero-order valence-electron chi connectivity index (χ0n) is 11.6. The Kier molecular flexibility index (Phi) is 4.80. The number of benzene rings is 2. The van der Waals surface area contributed by atoms with E-state index in [1.54, 1.807) is 36.4 Å².